The molecule has 15 aromatic carbocycles. The predicted molar refractivity (Wildman–Crippen MR) is 499 cm³/mol. The van der Waals surface area contributed by atoms with Crippen molar-refractivity contribution in [1.29, 1.82) is 0 Å². The molecule has 580 valence electrons. The molecule has 0 heterocycles. The van der Waals surface area contributed by atoms with Gasteiger partial charge in [-0.05, 0) is 181 Å². The van der Waals surface area contributed by atoms with Gasteiger partial charge in [-0.2, -0.15) is 0 Å². The third kappa shape index (κ3) is 39.6. The van der Waals surface area contributed by atoms with Crippen molar-refractivity contribution < 1.29 is 0 Å². The zero-order valence-corrected chi connectivity index (χ0v) is 70.5. The highest BCUT2D eigenvalue weighted by molar-refractivity contribution is 5.86. The van der Waals surface area contributed by atoms with Crippen LogP contribution < -0.4 is 4.90 Å². The summed E-state index contributed by atoms with van der Waals surface area (Å²) in [6, 6.07) is 132. The van der Waals surface area contributed by atoms with Crippen LogP contribution in [0.15, 0.2) is 382 Å². The average Bonchev–Trinajstić information content (AvgIpc) is 0.818. The maximum atomic E-state index is 2.38. The molecule has 110 heavy (non-hydrogen) atoms. The summed E-state index contributed by atoms with van der Waals surface area (Å²) >= 11 is 0. The largest absolute Gasteiger partial charge is 0.312 e. The summed E-state index contributed by atoms with van der Waals surface area (Å²) in [6.07, 6.45) is 0. The van der Waals surface area contributed by atoms with E-state index in [-0.39, 0.29) is 0 Å². The van der Waals surface area contributed by atoms with E-state index in [1.165, 1.54) is 141 Å². The van der Waals surface area contributed by atoms with Crippen LogP contribution in [0.25, 0.3) is 64.6 Å². The smallest absolute Gasteiger partial charge is 0.0461 e. The fourth-order valence-electron chi connectivity index (χ4n) is 11.0. The zero-order valence-electron chi connectivity index (χ0n) is 70.5. The van der Waals surface area contributed by atoms with E-state index in [1.54, 1.807) is 0 Å². The van der Waals surface area contributed by atoms with E-state index < -0.39 is 0 Å². The van der Waals surface area contributed by atoms with Crippen LogP contribution in [-0.2, 0) is 0 Å². The van der Waals surface area contributed by atoms with Crippen molar-refractivity contribution in [3.63, 3.8) is 0 Å². The van der Waals surface area contributed by atoms with Gasteiger partial charge in [0, 0.05) is 17.1 Å². The maximum Gasteiger partial charge on any atom is 0.0461 e. The lowest BCUT2D eigenvalue weighted by atomic mass is 10.1. The fraction of sp³-hybridized carbons (Fsp3) is 0.257. The lowest BCUT2D eigenvalue weighted by molar-refractivity contribution is 0.321. The summed E-state index contributed by atoms with van der Waals surface area (Å²) in [6.45, 7) is 42.4. The lowest BCUT2D eigenvalue weighted by Gasteiger charge is -2.25. The molecule has 5 nitrogen and oxygen atoms in total. The van der Waals surface area contributed by atoms with E-state index in [0.717, 1.165) is 0 Å². The van der Waals surface area contributed by atoms with Crippen molar-refractivity contribution in [2.45, 2.75) is 104 Å². The van der Waals surface area contributed by atoms with E-state index in [0.29, 0.717) is 0 Å². The van der Waals surface area contributed by atoms with Gasteiger partial charge in [0.25, 0.3) is 0 Å². The van der Waals surface area contributed by atoms with Gasteiger partial charge in [-0.1, -0.05) is 450 Å². The quantitative estimate of drug-likeness (QED) is 0.121. The van der Waals surface area contributed by atoms with Crippen LogP contribution in [0.2, 0.25) is 0 Å². The standard InChI is InChI=1S/C18H15N.6C10H8.3C6H15N.C3H9N.3C2H6/c1-4-10-16(11-5-1)19(17-12-6-2-7-13-17)18-14-8-3-9-15-18;6*1-2-6-10-8-4-3-7-9(10)5-1;3*1-4-7(5-2)6-3;1-4(2)3;3*1-2/h1-15H;6*1-8H;3*4-6H2,1-3H3;1-3H3;3*1-2H3. The van der Waals surface area contributed by atoms with Crippen molar-refractivity contribution in [2.24, 2.45) is 0 Å². The molecule has 15 rings (SSSR count). The summed E-state index contributed by atoms with van der Waals surface area (Å²) in [5.74, 6) is 0. The molecule has 0 amide bonds. The Morgan fingerprint density at radius 3 is 0.300 bits per heavy atom. The molecular formula is C105H135N5. The first-order chi connectivity index (χ1) is 54.0. The van der Waals surface area contributed by atoms with Gasteiger partial charge < -0.3 is 24.5 Å². The minimum Gasteiger partial charge on any atom is -0.312 e. The molecule has 0 aliphatic carbocycles. The van der Waals surface area contributed by atoms with E-state index in [4.69, 9.17) is 0 Å². The van der Waals surface area contributed by atoms with Gasteiger partial charge >= 0.3 is 0 Å². The summed E-state index contributed by atoms with van der Waals surface area (Å²) in [4.78, 5) is 11.4. The third-order valence-corrected chi connectivity index (χ3v) is 17.0. The van der Waals surface area contributed by atoms with Crippen molar-refractivity contribution in [3.8, 4) is 0 Å². The zero-order chi connectivity index (χ0) is 80.5. The molecule has 0 N–H and O–H groups in total. The monoisotopic (exact) mass is 1470 g/mol. The number of para-hydroxylation sites is 3. The minimum atomic E-state index is 1.17. The summed E-state index contributed by atoms with van der Waals surface area (Å²) < 4.78 is 0. The number of hydrogen-bond acceptors (Lipinski definition) is 5. The van der Waals surface area contributed by atoms with Crippen molar-refractivity contribution >= 4 is 81.7 Å². The van der Waals surface area contributed by atoms with Gasteiger partial charge in [-0.3, -0.25) is 0 Å². The Kier molecular flexibility index (Phi) is 55.1. The van der Waals surface area contributed by atoms with Gasteiger partial charge in [-0.25, -0.2) is 0 Å². The summed E-state index contributed by atoms with van der Waals surface area (Å²) in [5, 5.41) is 15.7. The molecular weight excluding hydrogens is 1330 g/mol. The van der Waals surface area contributed by atoms with E-state index in [2.05, 4.69) is 446 Å². The van der Waals surface area contributed by atoms with Gasteiger partial charge in [0.15, 0.2) is 0 Å². The SMILES string of the molecule is CC.CC.CC.CCN(CC)CC.CCN(CC)CC.CCN(CC)CC.CN(C)C.c1ccc(N(c2ccccc2)c2ccccc2)cc1.c1ccc2ccccc2c1.c1ccc2ccccc2c1.c1ccc2ccccc2c1.c1ccc2ccccc2c1.c1ccc2ccccc2c1.c1ccc2ccccc2c1. The second-order valence-electron chi connectivity index (χ2n) is 24.6. The van der Waals surface area contributed by atoms with Crippen LogP contribution >= 0.6 is 0 Å². The first-order valence-corrected chi connectivity index (χ1v) is 40.4. The second-order valence-corrected chi connectivity index (χ2v) is 24.6. The highest BCUT2D eigenvalue weighted by Gasteiger charge is 2.10. The van der Waals surface area contributed by atoms with Gasteiger partial charge in [0.2, 0.25) is 0 Å². The van der Waals surface area contributed by atoms with Gasteiger partial charge in [-0.15, -0.1) is 0 Å². The third-order valence-electron chi connectivity index (χ3n) is 17.0. The molecule has 0 aliphatic heterocycles. The Morgan fingerprint density at radius 1 is 0.145 bits per heavy atom. The molecule has 0 saturated carbocycles. The lowest BCUT2D eigenvalue weighted by Crippen LogP contribution is -2.21. The first-order valence-electron chi connectivity index (χ1n) is 40.4. The molecule has 0 spiro atoms. The molecule has 0 aliphatic rings. The summed E-state index contributed by atoms with van der Waals surface area (Å²) in [7, 11) is 6.00. The van der Waals surface area contributed by atoms with Crippen molar-refractivity contribution in [3.05, 3.63) is 382 Å². The molecule has 5 heteroatoms. The number of nitrogens with zero attached hydrogens (tertiary/aromatic N) is 5. The number of hydrogen-bond donors (Lipinski definition) is 0. The van der Waals surface area contributed by atoms with E-state index >= 15 is 0 Å². The van der Waals surface area contributed by atoms with Crippen LogP contribution in [0.3, 0.4) is 0 Å². The number of fused-ring (bicyclic) bond motifs is 6. The molecule has 15 aromatic rings. The average molecular weight is 1470 g/mol. The van der Waals surface area contributed by atoms with Crippen molar-refractivity contribution in [1.82, 2.24) is 19.6 Å². The Labute approximate surface area is 668 Å². The molecule has 0 radical (unpaired) electrons. The number of rotatable bonds is 12. The van der Waals surface area contributed by atoms with Gasteiger partial charge in [0.1, 0.15) is 0 Å². The molecule has 0 saturated heterocycles. The van der Waals surface area contributed by atoms with E-state index in [9.17, 15) is 0 Å². The highest BCUT2D eigenvalue weighted by Crippen LogP contribution is 2.33. The van der Waals surface area contributed by atoms with E-state index in [1.807, 2.05) is 85.8 Å². The van der Waals surface area contributed by atoms with Crippen LogP contribution in [0.5, 0.6) is 0 Å². The number of benzene rings is 15. The molecule has 0 unspecified atom stereocenters. The minimum absolute atomic E-state index is 1.17. The van der Waals surface area contributed by atoms with Crippen LogP contribution in [0.4, 0.5) is 17.1 Å². The Balaban J connectivity index is 0.000000415. The predicted octanol–water partition coefficient (Wildman–Crippen LogP) is 29.5. The second kappa shape index (κ2) is 63.4. The van der Waals surface area contributed by atoms with Crippen LogP contribution in [0.1, 0.15) is 104 Å². The Morgan fingerprint density at radius 2 is 0.227 bits per heavy atom. The molecule has 0 fully saturated rings. The van der Waals surface area contributed by atoms with Crippen LogP contribution in [0, 0.1) is 0 Å². The number of anilines is 3. The Bertz CT molecular complexity index is 3480. The molecule has 0 bridgehead atoms. The highest BCUT2D eigenvalue weighted by atomic mass is 15.1. The Hall–Kier alpha value is -10.5. The van der Waals surface area contributed by atoms with Crippen LogP contribution in [-0.4, -0.2) is 99.6 Å². The maximum absolute atomic E-state index is 2.38. The molecule has 0 aromatic heterocycles. The molecule has 0 atom stereocenters. The van der Waals surface area contributed by atoms with Crippen molar-refractivity contribution in [2.75, 3.05) is 84.9 Å². The van der Waals surface area contributed by atoms with Gasteiger partial charge in [0.05, 0.1) is 0 Å². The first kappa shape index (κ1) is 95.6. The fourth-order valence-corrected chi connectivity index (χ4v) is 11.0. The normalized spacial score (nSPS) is 9.65. The summed E-state index contributed by atoms with van der Waals surface area (Å²) in [5.41, 5.74) is 3.50. The topological polar surface area (TPSA) is 16.2 Å².